The quantitative estimate of drug-likeness (QED) is 0.166. The normalized spacial score (nSPS) is 12.2. The molecule has 238 valence electrons. The second-order valence-corrected chi connectivity index (χ2v) is 14.3. The molecule has 0 radical (unpaired) electrons. The molecular weight excluding hydrogens is 625 g/mol. The fraction of sp³-hybridized carbons (Fsp3) is 0. The van der Waals surface area contributed by atoms with Crippen molar-refractivity contribution in [2.75, 3.05) is 0 Å². The molecule has 0 saturated heterocycles. The zero-order chi connectivity index (χ0) is 33.9. The van der Waals surface area contributed by atoms with Crippen molar-refractivity contribution in [3.63, 3.8) is 0 Å². The molecule has 0 nitrogen and oxygen atoms in total. The standard InChI is InChI=1S/C52H30/c1-3-14-32(15-4-1)46-45-30-44-38-20-10-9-19-37(38)40-22-12-23-41(49(40)44)50(45)47(33-16-5-2-6-17-33)52-43-28-27-36(39-21-11-24-42(48(39)43)51(46)52)35-26-25-31-13-7-8-18-34(31)29-35/h1-30H. The summed E-state index contributed by atoms with van der Waals surface area (Å²) in [5, 5.41) is 21.1. The van der Waals surface area contributed by atoms with Crippen LogP contribution in [0.25, 0.3) is 120 Å². The van der Waals surface area contributed by atoms with Gasteiger partial charge in [-0.05, 0) is 132 Å². The Kier molecular flexibility index (Phi) is 5.59. The van der Waals surface area contributed by atoms with Crippen LogP contribution in [-0.2, 0) is 0 Å². The van der Waals surface area contributed by atoms with Crippen LogP contribution in [0.4, 0.5) is 0 Å². The summed E-state index contributed by atoms with van der Waals surface area (Å²) in [6.07, 6.45) is 0. The van der Waals surface area contributed by atoms with Gasteiger partial charge in [-0.1, -0.05) is 170 Å². The van der Waals surface area contributed by atoms with Gasteiger partial charge in [-0.3, -0.25) is 0 Å². The number of hydrogen-bond acceptors (Lipinski definition) is 0. The van der Waals surface area contributed by atoms with Gasteiger partial charge in [0.1, 0.15) is 0 Å². The minimum Gasteiger partial charge on any atom is -0.0622 e. The minimum atomic E-state index is 1.25. The molecule has 0 fully saturated rings. The van der Waals surface area contributed by atoms with Crippen molar-refractivity contribution in [1.29, 1.82) is 0 Å². The smallest absolute Gasteiger partial charge is 0.000719 e. The molecule has 0 aliphatic heterocycles. The Labute approximate surface area is 300 Å². The SMILES string of the molecule is c1ccc(-c2c3cc4c5ccccc5c5cccc(c3c(-c3ccccc3)c3c6ccc(-c7ccc8ccccc8c7)c7cccc(c23)c76)c54)cc1. The number of rotatable bonds is 3. The lowest BCUT2D eigenvalue weighted by Gasteiger charge is -2.19. The fourth-order valence-electron chi connectivity index (χ4n) is 9.62. The Morgan fingerprint density at radius 3 is 1.52 bits per heavy atom. The number of hydrogen-bond donors (Lipinski definition) is 0. The Hall–Kier alpha value is -6.76. The average molecular weight is 655 g/mol. The molecule has 0 aromatic heterocycles. The van der Waals surface area contributed by atoms with Crippen molar-refractivity contribution in [2.24, 2.45) is 0 Å². The van der Waals surface area contributed by atoms with Gasteiger partial charge < -0.3 is 0 Å². The molecule has 12 aromatic rings. The predicted octanol–water partition coefficient (Wildman–Crippen LogP) is 14.8. The van der Waals surface area contributed by atoms with Crippen LogP contribution in [-0.4, -0.2) is 0 Å². The highest BCUT2D eigenvalue weighted by molar-refractivity contribution is 6.45. The van der Waals surface area contributed by atoms with Crippen LogP contribution in [0.3, 0.4) is 0 Å². The van der Waals surface area contributed by atoms with Crippen LogP contribution in [0.2, 0.25) is 0 Å². The molecule has 0 unspecified atom stereocenters. The number of fused-ring (bicyclic) bond motifs is 9. The van der Waals surface area contributed by atoms with Crippen LogP contribution in [0.15, 0.2) is 182 Å². The van der Waals surface area contributed by atoms with E-state index >= 15 is 0 Å². The monoisotopic (exact) mass is 654 g/mol. The van der Waals surface area contributed by atoms with Gasteiger partial charge >= 0.3 is 0 Å². The molecule has 0 spiro atoms. The molecule has 0 heteroatoms. The van der Waals surface area contributed by atoms with E-state index in [4.69, 9.17) is 0 Å². The molecule has 12 rings (SSSR count). The van der Waals surface area contributed by atoms with Gasteiger partial charge in [-0.25, -0.2) is 0 Å². The first-order chi connectivity index (χ1) is 25.8. The zero-order valence-corrected chi connectivity index (χ0v) is 28.3. The second kappa shape index (κ2) is 10.4. The van der Waals surface area contributed by atoms with Crippen molar-refractivity contribution < 1.29 is 0 Å². The first-order valence-corrected chi connectivity index (χ1v) is 18.2. The summed E-state index contributed by atoms with van der Waals surface area (Å²) >= 11 is 0. The van der Waals surface area contributed by atoms with E-state index < -0.39 is 0 Å². The third-order valence-electron chi connectivity index (χ3n) is 11.7. The maximum absolute atomic E-state index is 2.52. The van der Waals surface area contributed by atoms with Gasteiger partial charge in [-0.2, -0.15) is 0 Å². The Balaban J connectivity index is 1.35. The van der Waals surface area contributed by atoms with E-state index in [1.807, 2.05) is 0 Å². The van der Waals surface area contributed by atoms with Crippen molar-refractivity contribution in [2.45, 2.75) is 0 Å². The molecule has 0 N–H and O–H groups in total. The first kappa shape index (κ1) is 28.0. The van der Waals surface area contributed by atoms with Crippen molar-refractivity contribution >= 4 is 86.2 Å². The molecule has 12 aromatic carbocycles. The van der Waals surface area contributed by atoms with Crippen LogP contribution in [0, 0.1) is 0 Å². The lowest BCUT2D eigenvalue weighted by molar-refractivity contribution is 1.68. The van der Waals surface area contributed by atoms with Crippen LogP contribution >= 0.6 is 0 Å². The molecule has 0 bridgehead atoms. The van der Waals surface area contributed by atoms with Crippen LogP contribution in [0.1, 0.15) is 0 Å². The fourth-order valence-corrected chi connectivity index (χ4v) is 9.62. The van der Waals surface area contributed by atoms with Crippen molar-refractivity contribution in [3.05, 3.63) is 182 Å². The largest absolute Gasteiger partial charge is 0.0622 e. The van der Waals surface area contributed by atoms with Gasteiger partial charge in [0.25, 0.3) is 0 Å². The highest BCUT2D eigenvalue weighted by Gasteiger charge is 2.26. The Morgan fingerprint density at radius 2 is 0.750 bits per heavy atom. The van der Waals surface area contributed by atoms with Gasteiger partial charge in [0, 0.05) is 0 Å². The summed E-state index contributed by atoms with van der Waals surface area (Å²) in [6, 6.07) is 67.9. The summed E-state index contributed by atoms with van der Waals surface area (Å²) in [6.45, 7) is 0. The highest BCUT2D eigenvalue weighted by Crippen LogP contribution is 2.55. The topological polar surface area (TPSA) is 0 Å². The van der Waals surface area contributed by atoms with E-state index in [2.05, 4.69) is 182 Å². The molecule has 0 amide bonds. The van der Waals surface area contributed by atoms with Gasteiger partial charge in [0.15, 0.2) is 0 Å². The van der Waals surface area contributed by atoms with Crippen LogP contribution < -0.4 is 0 Å². The van der Waals surface area contributed by atoms with E-state index in [0.29, 0.717) is 0 Å². The third kappa shape index (κ3) is 3.66. The predicted molar refractivity (Wildman–Crippen MR) is 225 cm³/mol. The molecule has 0 heterocycles. The molecule has 0 aliphatic rings. The van der Waals surface area contributed by atoms with E-state index in [1.54, 1.807) is 0 Å². The minimum absolute atomic E-state index is 1.25. The summed E-state index contributed by atoms with van der Waals surface area (Å²) in [4.78, 5) is 0. The summed E-state index contributed by atoms with van der Waals surface area (Å²) in [7, 11) is 0. The summed E-state index contributed by atoms with van der Waals surface area (Å²) < 4.78 is 0. The Bertz CT molecular complexity index is 3370. The first-order valence-electron chi connectivity index (χ1n) is 18.2. The summed E-state index contributed by atoms with van der Waals surface area (Å²) in [5.74, 6) is 0. The third-order valence-corrected chi connectivity index (χ3v) is 11.7. The van der Waals surface area contributed by atoms with Gasteiger partial charge in [-0.15, -0.1) is 0 Å². The second-order valence-electron chi connectivity index (χ2n) is 14.3. The van der Waals surface area contributed by atoms with Gasteiger partial charge in [0.2, 0.25) is 0 Å². The van der Waals surface area contributed by atoms with Crippen molar-refractivity contribution in [1.82, 2.24) is 0 Å². The van der Waals surface area contributed by atoms with Gasteiger partial charge in [0.05, 0.1) is 0 Å². The number of benzene rings is 10. The van der Waals surface area contributed by atoms with Crippen LogP contribution in [0.5, 0.6) is 0 Å². The maximum Gasteiger partial charge on any atom is -0.000719 e. The average Bonchev–Trinajstić information content (AvgIpc) is 3.72. The van der Waals surface area contributed by atoms with E-state index in [-0.39, 0.29) is 0 Å². The molecule has 0 atom stereocenters. The molecule has 0 aliphatic carbocycles. The molecule has 52 heavy (non-hydrogen) atoms. The summed E-state index contributed by atoms with van der Waals surface area (Å²) in [5.41, 5.74) is 7.65. The van der Waals surface area contributed by atoms with Crippen molar-refractivity contribution in [3.8, 4) is 33.4 Å². The molecular formula is C52H30. The molecule has 0 saturated carbocycles. The van der Waals surface area contributed by atoms with E-state index in [0.717, 1.165) is 0 Å². The Morgan fingerprint density at radius 1 is 0.212 bits per heavy atom. The van der Waals surface area contributed by atoms with E-state index in [1.165, 1.54) is 120 Å². The lowest BCUT2D eigenvalue weighted by atomic mass is 9.84. The maximum atomic E-state index is 2.52. The zero-order valence-electron chi connectivity index (χ0n) is 28.3. The lowest BCUT2D eigenvalue weighted by Crippen LogP contribution is -1.91. The highest BCUT2D eigenvalue weighted by atomic mass is 14.3. The van der Waals surface area contributed by atoms with E-state index in [9.17, 15) is 0 Å².